The Bertz CT molecular complexity index is 1270. The Morgan fingerprint density at radius 3 is 2.35 bits per heavy atom. The summed E-state index contributed by atoms with van der Waals surface area (Å²) in [5.74, 6) is -1.96. The Morgan fingerprint density at radius 1 is 1.03 bits per heavy atom. The lowest BCUT2D eigenvalue weighted by molar-refractivity contribution is -0.147. The van der Waals surface area contributed by atoms with Crippen LogP contribution in [0.1, 0.15) is 34.0 Å². The zero-order valence-electron chi connectivity index (χ0n) is 18.1. The molecule has 2 aliphatic heterocycles. The highest BCUT2D eigenvalue weighted by atomic mass is 16.5. The molecule has 2 N–H and O–H groups in total. The zero-order valence-corrected chi connectivity index (χ0v) is 18.1. The van der Waals surface area contributed by atoms with E-state index in [1.807, 2.05) is 36.4 Å². The van der Waals surface area contributed by atoms with Crippen molar-refractivity contribution in [3.63, 3.8) is 0 Å². The van der Waals surface area contributed by atoms with E-state index in [2.05, 4.69) is 17.4 Å². The van der Waals surface area contributed by atoms with Crippen LogP contribution in [0.3, 0.4) is 0 Å². The summed E-state index contributed by atoms with van der Waals surface area (Å²) >= 11 is 0. The Hall–Kier alpha value is -4.07. The van der Waals surface area contributed by atoms with Crippen molar-refractivity contribution >= 4 is 23.7 Å². The first-order valence-corrected chi connectivity index (χ1v) is 11.3. The topological polar surface area (TPSA) is 109 Å². The Kier molecular flexibility index (Phi) is 4.69. The van der Waals surface area contributed by atoms with E-state index in [4.69, 9.17) is 9.15 Å². The average Bonchev–Trinajstić information content (AvgIpc) is 3.59. The minimum Gasteiger partial charge on any atom is -0.481 e. The maximum Gasteiger partial charge on any atom is 0.411 e. The van der Waals surface area contributed by atoms with Crippen molar-refractivity contribution in [2.24, 2.45) is 11.8 Å². The minimum absolute atomic E-state index is 0.0230. The van der Waals surface area contributed by atoms with E-state index >= 15 is 0 Å². The van der Waals surface area contributed by atoms with Crippen molar-refractivity contribution in [3.8, 4) is 11.1 Å². The molecule has 3 unspecified atom stereocenters. The fourth-order valence-corrected chi connectivity index (χ4v) is 5.67. The molecule has 8 nitrogen and oxygen atoms in total. The van der Waals surface area contributed by atoms with Gasteiger partial charge >= 0.3 is 12.1 Å². The summed E-state index contributed by atoms with van der Waals surface area (Å²) in [5.41, 5.74) is 4.70. The third kappa shape index (κ3) is 3.09. The first-order valence-electron chi connectivity index (χ1n) is 11.3. The summed E-state index contributed by atoms with van der Waals surface area (Å²) < 4.78 is 10.9. The Morgan fingerprint density at radius 2 is 1.71 bits per heavy atom. The monoisotopic (exact) mass is 458 g/mol. The molecule has 172 valence electrons. The van der Waals surface area contributed by atoms with Crippen LogP contribution in [-0.4, -0.2) is 47.2 Å². The molecule has 2 bridgehead atoms. The molecule has 3 aromatic rings. The number of ether oxygens (including phenoxy) is 1. The van der Waals surface area contributed by atoms with Crippen LogP contribution in [-0.2, 0) is 9.53 Å². The number of carboxylic acid groups (broad SMARTS) is 1. The molecule has 4 aliphatic rings. The number of amides is 2. The second-order valence-corrected chi connectivity index (χ2v) is 9.00. The number of hydrogen-bond acceptors (Lipinski definition) is 5. The standard InChI is InChI=1S/C26H22N2O6/c29-24(28-12-14-11-21(28)22(14)25(30)31)23-20(9-10-33-23)27-26(32)34-13-19-17-7-3-1-5-15(17)16-6-2-4-8-18(16)19/h1-10,14,19,21-22H,11-13H2,(H,27,32)(H,30,31). The van der Waals surface area contributed by atoms with Crippen molar-refractivity contribution in [1.29, 1.82) is 0 Å². The maximum absolute atomic E-state index is 13.0. The lowest BCUT2D eigenvalue weighted by Crippen LogP contribution is -2.45. The number of carbonyl (C=O) groups is 3. The van der Waals surface area contributed by atoms with Gasteiger partial charge in [-0.25, -0.2) is 4.79 Å². The number of fused-ring (bicyclic) bond motifs is 4. The molecule has 34 heavy (non-hydrogen) atoms. The highest BCUT2D eigenvalue weighted by Crippen LogP contribution is 2.47. The van der Waals surface area contributed by atoms with Crippen LogP contribution in [0.2, 0.25) is 0 Å². The molecule has 2 aliphatic carbocycles. The summed E-state index contributed by atoms with van der Waals surface area (Å²) in [4.78, 5) is 38.6. The molecule has 2 saturated heterocycles. The van der Waals surface area contributed by atoms with Gasteiger partial charge in [0, 0.05) is 24.6 Å². The number of benzene rings is 2. The molecule has 0 radical (unpaired) electrons. The van der Waals surface area contributed by atoms with Crippen LogP contribution < -0.4 is 5.32 Å². The van der Waals surface area contributed by atoms with E-state index in [0.717, 1.165) is 22.3 Å². The number of anilines is 1. The molecule has 0 spiro atoms. The van der Waals surface area contributed by atoms with Crippen LogP contribution in [0, 0.1) is 11.8 Å². The maximum atomic E-state index is 13.0. The first-order chi connectivity index (χ1) is 16.5. The predicted octanol–water partition coefficient (Wildman–Crippen LogP) is 4.19. The SMILES string of the molecule is O=C(Nc1ccoc1C(=O)N1CC2CC1C2C(=O)O)OCC1c2ccccc2-c2ccccc21. The van der Waals surface area contributed by atoms with Gasteiger partial charge in [-0.3, -0.25) is 14.9 Å². The number of rotatable bonds is 5. The van der Waals surface area contributed by atoms with E-state index in [9.17, 15) is 19.5 Å². The van der Waals surface area contributed by atoms with Gasteiger partial charge < -0.3 is 19.2 Å². The third-order valence-electron chi connectivity index (χ3n) is 7.28. The number of nitrogens with zero attached hydrogens (tertiary/aromatic N) is 1. The second kappa shape index (κ2) is 7.76. The van der Waals surface area contributed by atoms with Gasteiger partial charge in [0.2, 0.25) is 5.76 Å². The molecule has 3 atom stereocenters. The number of hydrogen-bond donors (Lipinski definition) is 2. The van der Waals surface area contributed by atoms with E-state index in [1.165, 1.54) is 17.2 Å². The van der Waals surface area contributed by atoms with Crippen molar-refractivity contribution in [2.75, 3.05) is 18.5 Å². The number of nitrogens with one attached hydrogen (secondary N) is 1. The van der Waals surface area contributed by atoms with Gasteiger partial charge in [-0.1, -0.05) is 48.5 Å². The van der Waals surface area contributed by atoms with Crippen molar-refractivity contribution < 1.29 is 28.6 Å². The molecule has 7 rings (SSSR count). The summed E-state index contributed by atoms with van der Waals surface area (Å²) in [7, 11) is 0. The lowest BCUT2D eigenvalue weighted by Gasteiger charge is -2.32. The number of carboxylic acids is 1. The zero-order chi connectivity index (χ0) is 23.4. The molecule has 2 amide bonds. The number of carbonyl (C=O) groups excluding carboxylic acids is 2. The van der Waals surface area contributed by atoms with Crippen molar-refractivity contribution in [2.45, 2.75) is 18.4 Å². The Labute approximate surface area is 195 Å². The fraction of sp³-hybridized carbons (Fsp3) is 0.269. The highest BCUT2D eigenvalue weighted by molar-refractivity contribution is 6.01. The third-order valence-corrected chi connectivity index (χ3v) is 7.28. The van der Waals surface area contributed by atoms with Crippen LogP contribution in [0.4, 0.5) is 10.5 Å². The van der Waals surface area contributed by atoms with Gasteiger partial charge in [0.05, 0.1) is 17.9 Å². The quantitative estimate of drug-likeness (QED) is 0.594. The number of furan rings is 1. The summed E-state index contributed by atoms with van der Waals surface area (Å²) in [6.45, 7) is 0.530. The van der Waals surface area contributed by atoms with E-state index in [0.29, 0.717) is 13.0 Å². The van der Waals surface area contributed by atoms with Gasteiger partial charge in [-0.05, 0) is 34.6 Å². The van der Waals surface area contributed by atoms with E-state index in [1.54, 1.807) is 0 Å². The summed E-state index contributed by atoms with van der Waals surface area (Å²) in [6, 6.07) is 17.3. The average molecular weight is 458 g/mol. The van der Waals surface area contributed by atoms with E-state index < -0.39 is 23.9 Å². The molecular formula is C26H22N2O6. The van der Waals surface area contributed by atoms with Gasteiger partial charge in [0.1, 0.15) is 6.61 Å². The predicted molar refractivity (Wildman–Crippen MR) is 121 cm³/mol. The summed E-state index contributed by atoms with van der Waals surface area (Å²) in [5, 5.41) is 12.0. The minimum atomic E-state index is -0.881. The van der Waals surface area contributed by atoms with E-state index in [-0.39, 0.29) is 35.9 Å². The van der Waals surface area contributed by atoms with Crippen LogP contribution in [0.5, 0.6) is 0 Å². The molecule has 1 aromatic heterocycles. The highest BCUT2D eigenvalue weighted by Gasteiger charge is 2.57. The molecule has 8 heteroatoms. The fourth-order valence-electron chi connectivity index (χ4n) is 5.67. The van der Waals surface area contributed by atoms with Crippen LogP contribution in [0.15, 0.2) is 65.3 Å². The first kappa shape index (κ1) is 20.5. The van der Waals surface area contributed by atoms with Crippen LogP contribution >= 0.6 is 0 Å². The van der Waals surface area contributed by atoms with Gasteiger partial charge in [-0.15, -0.1) is 0 Å². The molecule has 2 aromatic carbocycles. The van der Waals surface area contributed by atoms with Crippen LogP contribution in [0.25, 0.3) is 11.1 Å². The number of aliphatic carboxylic acids is 1. The molecule has 1 saturated carbocycles. The summed E-state index contributed by atoms with van der Waals surface area (Å²) in [6.07, 6.45) is 1.31. The van der Waals surface area contributed by atoms with Crippen molar-refractivity contribution in [1.82, 2.24) is 4.90 Å². The smallest absolute Gasteiger partial charge is 0.411 e. The van der Waals surface area contributed by atoms with Gasteiger partial charge in [0.25, 0.3) is 5.91 Å². The van der Waals surface area contributed by atoms with Gasteiger partial charge in [0.15, 0.2) is 0 Å². The molecular weight excluding hydrogens is 436 g/mol. The largest absolute Gasteiger partial charge is 0.481 e. The normalized spacial score (nSPS) is 22.0. The molecule has 3 heterocycles. The second-order valence-electron chi connectivity index (χ2n) is 9.00. The lowest BCUT2D eigenvalue weighted by atomic mass is 9.74. The van der Waals surface area contributed by atoms with Crippen molar-refractivity contribution in [3.05, 3.63) is 77.7 Å². The Balaban J connectivity index is 1.14. The molecule has 3 fully saturated rings. The van der Waals surface area contributed by atoms with Gasteiger partial charge in [-0.2, -0.15) is 0 Å².